The van der Waals surface area contributed by atoms with Crippen LogP contribution in [0.5, 0.6) is 0 Å². The third-order valence-corrected chi connectivity index (χ3v) is 3.59. The smallest absolute Gasteiger partial charge is 0.253 e. The molecule has 0 unspecified atom stereocenters. The van der Waals surface area contributed by atoms with Gasteiger partial charge in [-0.2, -0.15) is 0 Å². The molecule has 5 nitrogen and oxygen atoms in total. The van der Waals surface area contributed by atoms with Gasteiger partial charge in [0.15, 0.2) is 0 Å². The van der Waals surface area contributed by atoms with E-state index in [2.05, 4.69) is 10.6 Å². The molecule has 5 heteroatoms. The summed E-state index contributed by atoms with van der Waals surface area (Å²) in [6, 6.07) is 13.3. The van der Waals surface area contributed by atoms with Crippen LogP contribution in [0.1, 0.15) is 24.3 Å². The molecular formula is C17H16N2O3. The first kappa shape index (κ1) is 14.1. The average Bonchev–Trinajstić information content (AvgIpc) is 3.07. The molecule has 2 aromatic carbocycles. The highest BCUT2D eigenvalue weighted by atomic mass is 16.3. The quantitative estimate of drug-likeness (QED) is 0.684. The van der Waals surface area contributed by atoms with E-state index in [1.807, 2.05) is 37.3 Å². The second kappa shape index (κ2) is 5.89. The molecule has 1 atom stereocenters. The molecule has 3 aromatic rings. The van der Waals surface area contributed by atoms with Gasteiger partial charge in [0.05, 0.1) is 12.8 Å². The van der Waals surface area contributed by atoms with Crippen molar-refractivity contribution in [2.75, 3.05) is 10.6 Å². The molecule has 112 valence electrons. The molecule has 1 heterocycles. The molecule has 3 rings (SSSR count). The molecule has 0 saturated carbocycles. The van der Waals surface area contributed by atoms with Crippen molar-refractivity contribution in [2.45, 2.75) is 19.5 Å². The van der Waals surface area contributed by atoms with Crippen molar-refractivity contribution < 1.29 is 4.42 Å². The van der Waals surface area contributed by atoms with Gasteiger partial charge in [-0.05, 0) is 24.6 Å². The lowest BCUT2D eigenvalue weighted by Crippen LogP contribution is -2.37. The van der Waals surface area contributed by atoms with Gasteiger partial charge in [0.2, 0.25) is 0 Å². The van der Waals surface area contributed by atoms with Crippen molar-refractivity contribution in [2.24, 2.45) is 0 Å². The lowest BCUT2D eigenvalue weighted by molar-refractivity contribution is 0.518. The van der Waals surface area contributed by atoms with Crippen LogP contribution in [0.15, 0.2) is 62.7 Å². The highest BCUT2D eigenvalue weighted by molar-refractivity contribution is 5.74. The molecule has 0 aliphatic heterocycles. The SMILES string of the molecule is C[C@@H](Nc1c(NCc2ccco2)c(=O)c1=O)c1ccccc1. The summed E-state index contributed by atoms with van der Waals surface area (Å²) in [4.78, 5) is 23.5. The predicted molar refractivity (Wildman–Crippen MR) is 85.9 cm³/mol. The fraction of sp³-hybridized carbons (Fsp3) is 0.176. The first-order chi connectivity index (χ1) is 10.7. The molecule has 0 amide bonds. The monoisotopic (exact) mass is 296 g/mol. The summed E-state index contributed by atoms with van der Waals surface area (Å²) < 4.78 is 5.20. The van der Waals surface area contributed by atoms with Crippen LogP contribution in [0.3, 0.4) is 0 Å². The van der Waals surface area contributed by atoms with Crippen LogP contribution in [-0.4, -0.2) is 0 Å². The molecule has 1 aromatic heterocycles. The van der Waals surface area contributed by atoms with E-state index in [4.69, 9.17) is 4.42 Å². The minimum atomic E-state index is -0.491. The number of furan rings is 1. The van der Waals surface area contributed by atoms with Crippen LogP contribution in [0.25, 0.3) is 0 Å². The zero-order valence-electron chi connectivity index (χ0n) is 12.1. The molecule has 0 saturated heterocycles. The molecule has 2 N–H and O–H groups in total. The van der Waals surface area contributed by atoms with E-state index in [0.717, 1.165) is 5.56 Å². The Balaban J connectivity index is 1.73. The summed E-state index contributed by atoms with van der Waals surface area (Å²) in [6.45, 7) is 2.31. The van der Waals surface area contributed by atoms with Gasteiger partial charge in [0.25, 0.3) is 10.9 Å². The van der Waals surface area contributed by atoms with E-state index in [0.29, 0.717) is 23.7 Å². The Morgan fingerprint density at radius 2 is 1.73 bits per heavy atom. The van der Waals surface area contributed by atoms with Crippen LogP contribution in [-0.2, 0) is 6.54 Å². The predicted octanol–water partition coefficient (Wildman–Crippen LogP) is 2.66. The molecule has 22 heavy (non-hydrogen) atoms. The van der Waals surface area contributed by atoms with Gasteiger partial charge < -0.3 is 15.1 Å². The van der Waals surface area contributed by atoms with Gasteiger partial charge in [-0.15, -0.1) is 0 Å². The highest BCUT2D eigenvalue weighted by Gasteiger charge is 2.22. The first-order valence-corrected chi connectivity index (χ1v) is 7.08. The Morgan fingerprint density at radius 3 is 2.41 bits per heavy atom. The van der Waals surface area contributed by atoms with Crippen LogP contribution in [0.4, 0.5) is 11.4 Å². The topological polar surface area (TPSA) is 71.3 Å². The maximum absolute atomic E-state index is 11.8. The third kappa shape index (κ3) is 2.65. The highest BCUT2D eigenvalue weighted by Crippen LogP contribution is 2.22. The van der Waals surface area contributed by atoms with Gasteiger partial charge in [-0.25, -0.2) is 0 Å². The summed E-state index contributed by atoms with van der Waals surface area (Å²) in [5.74, 6) is 0.704. The van der Waals surface area contributed by atoms with Crippen molar-refractivity contribution in [3.05, 3.63) is 80.5 Å². The van der Waals surface area contributed by atoms with Crippen molar-refractivity contribution in [1.29, 1.82) is 0 Å². The zero-order chi connectivity index (χ0) is 15.5. The minimum Gasteiger partial charge on any atom is -0.467 e. The first-order valence-electron chi connectivity index (χ1n) is 7.08. The van der Waals surface area contributed by atoms with Crippen molar-refractivity contribution in [3.63, 3.8) is 0 Å². The van der Waals surface area contributed by atoms with Crippen LogP contribution in [0.2, 0.25) is 0 Å². The van der Waals surface area contributed by atoms with Gasteiger partial charge >= 0.3 is 0 Å². The summed E-state index contributed by atoms with van der Waals surface area (Å²) >= 11 is 0. The van der Waals surface area contributed by atoms with Gasteiger partial charge in [-0.1, -0.05) is 30.3 Å². The number of hydrogen-bond donors (Lipinski definition) is 2. The number of anilines is 2. The van der Waals surface area contributed by atoms with Gasteiger partial charge in [0.1, 0.15) is 17.1 Å². The van der Waals surface area contributed by atoms with Gasteiger partial charge in [-0.3, -0.25) is 9.59 Å². The number of rotatable bonds is 6. The Hall–Kier alpha value is -2.82. The van der Waals surface area contributed by atoms with E-state index < -0.39 is 10.9 Å². The number of hydrogen-bond acceptors (Lipinski definition) is 5. The van der Waals surface area contributed by atoms with E-state index in [1.54, 1.807) is 18.4 Å². The summed E-state index contributed by atoms with van der Waals surface area (Å²) in [5.41, 5.74) is 0.740. The summed E-state index contributed by atoms with van der Waals surface area (Å²) in [7, 11) is 0. The molecule has 0 fully saturated rings. The van der Waals surface area contributed by atoms with E-state index in [-0.39, 0.29) is 6.04 Å². The van der Waals surface area contributed by atoms with Crippen LogP contribution < -0.4 is 21.5 Å². The molecule has 0 aliphatic rings. The van der Waals surface area contributed by atoms with E-state index in [1.165, 1.54) is 0 Å². The maximum atomic E-state index is 11.8. The molecule has 0 aliphatic carbocycles. The minimum absolute atomic E-state index is 0.0614. The molecule has 0 spiro atoms. The zero-order valence-corrected chi connectivity index (χ0v) is 12.1. The number of nitrogens with one attached hydrogen (secondary N) is 2. The van der Waals surface area contributed by atoms with Crippen LogP contribution >= 0.6 is 0 Å². The molecule has 0 radical (unpaired) electrons. The third-order valence-electron chi connectivity index (χ3n) is 3.59. The Bertz CT molecular complexity index is 816. The van der Waals surface area contributed by atoms with E-state index >= 15 is 0 Å². The normalized spacial score (nSPS) is 12.2. The fourth-order valence-corrected chi connectivity index (χ4v) is 2.33. The second-order valence-corrected chi connectivity index (χ2v) is 5.12. The number of benzene rings is 1. The lowest BCUT2D eigenvalue weighted by Gasteiger charge is -2.19. The van der Waals surface area contributed by atoms with Crippen molar-refractivity contribution >= 4 is 11.4 Å². The standard InChI is InChI=1S/C17H16N2O3/c1-11(12-6-3-2-4-7-12)19-15-14(16(20)17(15)21)18-10-13-8-5-9-22-13/h2-9,11,18-19H,10H2,1H3/t11-/m1/s1. The second-order valence-electron chi connectivity index (χ2n) is 5.12. The van der Waals surface area contributed by atoms with E-state index in [9.17, 15) is 9.59 Å². The van der Waals surface area contributed by atoms with Crippen molar-refractivity contribution in [3.8, 4) is 0 Å². The van der Waals surface area contributed by atoms with Crippen LogP contribution in [0, 0.1) is 0 Å². The maximum Gasteiger partial charge on any atom is 0.253 e. The lowest BCUT2D eigenvalue weighted by atomic mass is 10.1. The average molecular weight is 296 g/mol. The fourth-order valence-electron chi connectivity index (χ4n) is 2.33. The van der Waals surface area contributed by atoms with Gasteiger partial charge in [0, 0.05) is 6.04 Å². The Morgan fingerprint density at radius 1 is 1.00 bits per heavy atom. The Kier molecular flexibility index (Phi) is 3.78. The summed E-state index contributed by atoms with van der Waals surface area (Å²) in [5, 5.41) is 6.07. The molecule has 0 bridgehead atoms. The summed E-state index contributed by atoms with van der Waals surface area (Å²) in [6.07, 6.45) is 1.57. The van der Waals surface area contributed by atoms with Crippen molar-refractivity contribution in [1.82, 2.24) is 0 Å². The largest absolute Gasteiger partial charge is 0.467 e. The Labute approximate surface area is 127 Å². The molecular weight excluding hydrogens is 280 g/mol.